The van der Waals surface area contributed by atoms with Crippen molar-refractivity contribution in [3.8, 4) is 0 Å². The smallest absolute Gasteiger partial charge is 0.147 e. The highest BCUT2D eigenvalue weighted by Crippen LogP contribution is 2.07. The molecule has 96 valence electrons. The number of likely N-dealkylation sites (N-methyl/N-ethyl adjacent to an activating group) is 1. The van der Waals surface area contributed by atoms with Crippen LogP contribution in [-0.4, -0.2) is 43.3 Å². The number of anilines is 1. The first kappa shape index (κ1) is 13.9. The normalized spacial score (nSPS) is 10.9. The topological polar surface area (TPSA) is 50.3 Å². The lowest BCUT2D eigenvalue weighted by molar-refractivity contribution is 0.206. The van der Waals surface area contributed by atoms with Crippen molar-refractivity contribution < 1.29 is 4.74 Å². The summed E-state index contributed by atoms with van der Waals surface area (Å²) in [6, 6.07) is 0.451. The van der Waals surface area contributed by atoms with Gasteiger partial charge < -0.3 is 15.0 Å². The van der Waals surface area contributed by atoms with Crippen LogP contribution in [0.15, 0.2) is 12.4 Å². The Bertz CT molecular complexity index is 330. The van der Waals surface area contributed by atoms with Crippen molar-refractivity contribution in [2.45, 2.75) is 26.4 Å². The van der Waals surface area contributed by atoms with Crippen molar-refractivity contribution in [3.63, 3.8) is 0 Å². The van der Waals surface area contributed by atoms with Crippen molar-refractivity contribution in [3.05, 3.63) is 18.1 Å². The number of hydrogen-bond acceptors (Lipinski definition) is 5. The second-order valence-electron chi connectivity index (χ2n) is 4.32. The molecule has 0 saturated heterocycles. The van der Waals surface area contributed by atoms with Crippen molar-refractivity contribution >= 4 is 5.82 Å². The highest BCUT2D eigenvalue weighted by Gasteiger charge is 2.04. The maximum Gasteiger partial charge on any atom is 0.147 e. The Morgan fingerprint density at radius 3 is 2.82 bits per heavy atom. The van der Waals surface area contributed by atoms with Crippen molar-refractivity contribution in [2.75, 3.05) is 32.2 Å². The summed E-state index contributed by atoms with van der Waals surface area (Å²) in [4.78, 5) is 10.8. The van der Waals surface area contributed by atoms with Crippen LogP contribution in [0.2, 0.25) is 0 Å². The van der Waals surface area contributed by atoms with Gasteiger partial charge in [0.15, 0.2) is 0 Å². The summed E-state index contributed by atoms with van der Waals surface area (Å²) in [7, 11) is 3.69. The number of methoxy groups -OCH3 is 1. The van der Waals surface area contributed by atoms with Crippen LogP contribution in [0.25, 0.3) is 0 Å². The van der Waals surface area contributed by atoms with Gasteiger partial charge in [-0.15, -0.1) is 0 Å². The van der Waals surface area contributed by atoms with E-state index in [0.29, 0.717) is 12.6 Å². The summed E-state index contributed by atoms with van der Waals surface area (Å²) in [5, 5.41) is 3.33. The van der Waals surface area contributed by atoms with Gasteiger partial charge in [0.2, 0.25) is 0 Å². The minimum atomic E-state index is 0.451. The number of ether oxygens (including phenoxy) is 1. The van der Waals surface area contributed by atoms with Gasteiger partial charge in [0.25, 0.3) is 0 Å². The summed E-state index contributed by atoms with van der Waals surface area (Å²) in [6.45, 7) is 6.47. The molecular formula is C12H22N4O. The standard InChI is InChI=1S/C12H22N4O/c1-10(2)14-8-11-7-13-9-12(15-11)16(3)5-6-17-4/h7,9-10,14H,5-6,8H2,1-4H3. The third-order valence-electron chi connectivity index (χ3n) is 2.39. The Morgan fingerprint density at radius 2 is 2.18 bits per heavy atom. The second-order valence-corrected chi connectivity index (χ2v) is 4.32. The van der Waals surface area contributed by atoms with E-state index in [9.17, 15) is 0 Å². The molecule has 17 heavy (non-hydrogen) atoms. The number of nitrogens with one attached hydrogen (secondary N) is 1. The number of aromatic nitrogens is 2. The van der Waals surface area contributed by atoms with Crippen LogP contribution in [0.3, 0.4) is 0 Å². The molecule has 1 N–H and O–H groups in total. The van der Waals surface area contributed by atoms with Crippen LogP contribution in [0.1, 0.15) is 19.5 Å². The van der Waals surface area contributed by atoms with E-state index in [1.54, 1.807) is 19.5 Å². The fourth-order valence-electron chi connectivity index (χ4n) is 1.32. The minimum absolute atomic E-state index is 0.451. The van der Waals surface area contributed by atoms with Crippen molar-refractivity contribution in [1.29, 1.82) is 0 Å². The van der Waals surface area contributed by atoms with Gasteiger partial charge in [-0.3, -0.25) is 4.98 Å². The Labute approximate surface area is 103 Å². The molecule has 1 rings (SSSR count). The summed E-state index contributed by atoms with van der Waals surface area (Å²) >= 11 is 0. The van der Waals surface area contributed by atoms with Crippen molar-refractivity contribution in [2.24, 2.45) is 0 Å². The van der Waals surface area contributed by atoms with Crippen LogP contribution in [-0.2, 0) is 11.3 Å². The molecule has 5 nitrogen and oxygen atoms in total. The molecule has 0 bridgehead atoms. The monoisotopic (exact) mass is 238 g/mol. The molecule has 0 aliphatic rings. The van der Waals surface area contributed by atoms with Crippen molar-refractivity contribution in [1.82, 2.24) is 15.3 Å². The van der Waals surface area contributed by atoms with Gasteiger partial charge in [-0.25, -0.2) is 4.98 Å². The molecule has 0 aliphatic carbocycles. The SMILES string of the molecule is COCCN(C)c1cncc(CNC(C)C)n1. The Morgan fingerprint density at radius 1 is 1.41 bits per heavy atom. The molecule has 0 aromatic carbocycles. The number of hydrogen-bond donors (Lipinski definition) is 1. The molecule has 0 saturated carbocycles. The van der Waals surface area contributed by atoms with Crippen LogP contribution in [0.4, 0.5) is 5.82 Å². The predicted octanol–water partition coefficient (Wildman–Crippen LogP) is 1.06. The lowest BCUT2D eigenvalue weighted by Gasteiger charge is -2.18. The predicted molar refractivity (Wildman–Crippen MR) is 69.2 cm³/mol. The average Bonchev–Trinajstić information content (AvgIpc) is 2.33. The third-order valence-corrected chi connectivity index (χ3v) is 2.39. The average molecular weight is 238 g/mol. The van der Waals surface area contributed by atoms with E-state index in [4.69, 9.17) is 4.74 Å². The molecule has 0 radical (unpaired) electrons. The molecule has 1 heterocycles. The largest absolute Gasteiger partial charge is 0.383 e. The van der Waals surface area contributed by atoms with Crippen LogP contribution in [0, 0.1) is 0 Å². The first-order valence-corrected chi connectivity index (χ1v) is 5.88. The number of rotatable bonds is 7. The molecule has 0 atom stereocenters. The van der Waals surface area contributed by atoms with Gasteiger partial charge in [0, 0.05) is 39.5 Å². The van der Waals surface area contributed by atoms with E-state index in [2.05, 4.69) is 29.1 Å². The van der Waals surface area contributed by atoms with Gasteiger partial charge in [0.05, 0.1) is 18.5 Å². The molecule has 0 unspecified atom stereocenters. The maximum absolute atomic E-state index is 5.04. The molecular weight excluding hydrogens is 216 g/mol. The van der Waals surface area contributed by atoms with Crippen LogP contribution >= 0.6 is 0 Å². The minimum Gasteiger partial charge on any atom is -0.383 e. The Hall–Kier alpha value is -1.20. The summed E-state index contributed by atoms with van der Waals surface area (Å²) < 4.78 is 5.04. The molecule has 0 amide bonds. The van der Waals surface area contributed by atoms with Crippen LogP contribution < -0.4 is 10.2 Å². The molecule has 1 aromatic heterocycles. The zero-order valence-electron chi connectivity index (χ0n) is 11.1. The third kappa shape index (κ3) is 5.10. The zero-order chi connectivity index (χ0) is 12.7. The van der Waals surface area contributed by atoms with E-state index in [1.165, 1.54) is 0 Å². The Balaban J connectivity index is 2.58. The van der Waals surface area contributed by atoms with E-state index in [1.807, 2.05) is 11.9 Å². The van der Waals surface area contributed by atoms with E-state index < -0.39 is 0 Å². The molecule has 0 aliphatic heterocycles. The maximum atomic E-state index is 5.04. The van der Waals surface area contributed by atoms with E-state index in [0.717, 1.165) is 24.6 Å². The van der Waals surface area contributed by atoms with E-state index >= 15 is 0 Å². The van der Waals surface area contributed by atoms with Gasteiger partial charge in [-0.2, -0.15) is 0 Å². The van der Waals surface area contributed by atoms with Crippen LogP contribution in [0.5, 0.6) is 0 Å². The first-order valence-electron chi connectivity index (χ1n) is 5.88. The van der Waals surface area contributed by atoms with Gasteiger partial charge in [-0.05, 0) is 0 Å². The molecule has 0 spiro atoms. The molecule has 1 aromatic rings. The summed E-state index contributed by atoms with van der Waals surface area (Å²) in [5.74, 6) is 0.880. The fourth-order valence-corrected chi connectivity index (χ4v) is 1.32. The highest BCUT2D eigenvalue weighted by molar-refractivity contribution is 5.34. The highest BCUT2D eigenvalue weighted by atomic mass is 16.5. The lowest BCUT2D eigenvalue weighted by Crippen LogP contribution is -2.25. The number of nitrogens with zero attached hydrogens (tertiary/aromatic N) is 3. The Kier molecular flexibility index (Phi) is 5.86. The summed E-state index contributed by atoms with van der Waals surface area (Å²) in [6.07, 6.45) is 3.57. The van der Waals surface area contributed by atoms with E-state index in [-0.39, 0.29) is 0 Å². The lowest BCUT2D eigenvalue weighted by atomic mass is 10.3. The summed E-state index contributed by atoms with van der Waals surface area (Å²) in [5.41, 5.74) is 0.959. The quantitative estimate of drug-likeness (QED) is 0.769. The first-order chi connectivity index (χ1) is 8.13. The molecule has 5 heteroatoms. The van der Waals surface area contributed by atoms with Gasteiger partial charge >= 0.3 is 0 Å². The van der Waals surface area contributed by atoms with Gasteiger partial charge in [-0.1, -0.05) is 13.8 Å². The fraction of sp³-hybridized carbons (Fsp3) is 0.667. The molecule has 0 fully saturated rings. The second kappa shape index (κ2) is 7.19. The van der Waals surface area contributed by atoms with Gasteiger partial charge in [0.1, 0.15) is 5.82 Å². The zero-order valence-corrected chi connectivity index (χ0v) is 11.1.